The van der Waals surface area contributed by atoms with E-state index in [1.807, 2.05) is 20.8 Å². The van der Waals surface area contributed by atoms with Gasteiger partial charge >= 0.3 is 11.8 Å². The van der Waals surface area contributed by atoms with Crippen LogP contribution in [0.1, 0.15) is 37.3 Å². The van der Waals surface area contributed by atoms with Crippen LogP contribution in [-0.2, 0) is 6.42 Å². The molecule has 0 atom stereocenters. The Morgan fingerprint density at radius 2 is 2.17 bits per heavy atom. The van der Waals surface area contributed by atoms with Crippen LogP contribution in [0.25, 0.3) is 0 Å². The maximum atomic E-state index is 10.4. The molecule has 0 radical (unpaired) electrons. The summed E-state index contributed by atoms with van der Waals surface area (Å²) in [5, 5.41) is 3.47. The maximum Gasteiger partial charge on any atom is 0.315 e. The number of rotatable bonds is 2. The van der Waals surface area contributed by atoms with E-state index in [-0.39, 0.29) is 5.89 Å². The van der Waals surface area contributed by atoms with Gasteiger partial charge in [0.1, 0.15) is 0 Å². The number of carbonyl (C=O) groups excluding carboxylic acids is 1. The number of amides is 1. The molecule has 1 heterocycles. The van der Waals surface area contributed by atoms with Gasteiger partial charge in [-0.25, -0.2) is 0 Å². The zero-order valence-corrected chi connectivity index (χ0v) is 7.50. The van der Waals surface area contributed by atoms with Gasteiger partial charge < -0.3 is 10.3 Å². The second-order valence-corrected chi connectivity index (χ2v) is 1.73. The molecule has 1 aromatic heterocycles. The van der Waals surface area contributed by atoms with Crippen molar-refractivity contribution in [1.29, 1.82) is 0 Å². The molecule has 5 heteroatoms. The zero-order valence-electron chi connectivity index (χ0n) is 7.50. The van der Waals surface area contributed by atoms with Crippen molar-refractivity contribution in [2.24, 2.45) is 5.73 Å². The maximum absolute atomic E-state index is 10.4. The van der Waals surface area contributed by atoms with E-state index in [4.69, 9.17) is 5.73 Å². The molecule has 0 aromatic carbocycles. The second-order valence-electron chi connectivity index (χ2n) is 1.73. The quantitative estimate of drug-likeness (QED) is 0.712. The lowest BCUT2D eigenvalue weighted by atomic mass is 10.5. The number of hydrogen-bond acceptors (Lipinski definition) is 4. The largest absolute Gasteiger partial charge is 0.361 e. The van der Waals surface area contributed by atoms with E-state index in [9.17, 15) is 4.79 Å². The highest BCUT2D eigenvalue weighted by Crippen LogP contribution is 1.95. The van der Waals surface area contributed by atoms with Gasteiger partial charge in [-0.1, -0.05) is 25.9 Å². The molecule has 0 fully saturated rings. The SMILES string of the molecule is CC.CCc1noc(C(N)=O)n1. The molecule has 12 heavy (non-hydrogen) atoms. The fourth-order valence-electron chi connectivity index (χ4n) is 0.498. The minimum atomic E-state index is -0.688. The monoisotopic (exact) mass is 171 g/mol. The summed E-state index contributed by atoms with van der Waals surface area (Å²) in [5.41, 5.74) is 4.85. The Balaban J connectivity index is 0.000000561. The average molecular weight is 171 g/mol. The lowest BCUT2D eigenvalue weighted by Gasteiger charge is -1.78. The summed E-state index contributed by atoms with van der Waals surface area (Å²) in [4.78, 5) is 14.0. The molecule has 0 aliphatic rings. The van der Waals surface area contributed by atoms with Crippen LogP contribution >= 0.6 is 0 Å². The predicted octanol–water partition coefficient (Wildman–Crippen LogP) is 0.757. The van der Waals surface area contributed by atoms with Crippen molar-refractivity contribution >= 4 is 5.91 Å². The molecular formula is C7H13N3O2. The topological polar surface area (TPSA) is 82.0 Å². The van der Waals surface area contributed by atoms with Crippen LogP contribution in [0.5, 0.6) is 0 Å². The Hall–Kier alpha value is -1.39. The van der Waals surface area contributed by atoms with Gasteiger partial charge in [0.25, 0.3) is 0 Å². The van der Waals surface area contributed by atoms with Crippen LogP contribution in [0, 0.1) is 0 Å². The molecular weight excluding hydrogens is 158 g/mol. The first kappa shape index (κ1) is 10.6. The highest BCUT2D eigenvalue weighted by molar-refractivity contribution is 5.87. The number of hydrogen-bond donors (Lipinski definition) is 1. The van der Waals surface area contributed by atoms with Crippen LogP contribution < -0.4 is 5.73 Å². The van der Waals surface area contributed by atoms with Gasteiger partial charge in [0.05, 0.1) is 0 Å². The van der Waals surface area contributed by atoms with Crippen LogP contribution in [0.3, 0.4) is 0 Å². The Kier molecular flexibility index (Phi) is 4.67. The van der Waals surface area contributed by atoms with Crippen molar-refractivity contribution in [3.8, 4) is 0 Å². The lowest BCUT2D eigenvalue weighted by Crippen LogP contribution is -2.11. The number of nitrogens with zero attached hydrogens (tertiary/aromatic N) is 2. The van der Waals surface area contributed by atoms with Crippen LogP contribution in [0.2, 0.25) is 0 Å². The Morgan fingerprint density at radius 1 is 1.58 bits per heavy atom. The van der Waals surface area contributed by atoms with Gasteiger partial charge in [-0.2, -0.15) is 4.98 Å². The van der Waals surface area contributed by atoms with Gasteiger partial charge in [0.15, 0.2) is 5.82 Å². The van der Waals surface area contributed by atoms with Crippen LogP contribution in [-0.4, -0.2) is 16.0 Å². The van der Waals surface area contributed by atoms with Crippen molar-refractivity contribution in [1.82, 2.24) is 10.1 Å². The van der Waals surface area contributed by atoms with Crippen molar-refractivity contribution < 1.29 is 9.32 Å². The number of aryl methyl sites for hydroxylation is 1. The summed E-state index contributed by atoms with van der Waals surface area (Å²) < 4.78 is 4.48. The molecule has 1 rings (SSSR count). The fourth-order valence-corrected chi connectivity index (χ4v) is 0.498. The first-order valence-electron chi connectivity index (χ1n) is 3.86. The minimum Gasteiger partial charge on any atom is -0.361 e. The molecule has 1 amide bonds. The van der Waals surface area contributed by atoms with E-state index in [1.54, 1.807) is 0 Å². The first-order chi connectivity index (χ1) is 5.74. The molecule has 0 unspecified atom stereocenters. The third kappa shape index (κ3) is 2.69. The summed E-state index contributed by atoms with van der Waals surface area (Å²) in [6.45, 7) is 5.86. The molecule has 5 nitrogen and oxygen atoms in total. The second kappa shape index (κ2) is 5.29. The third-order valence-corrected chi connectivity index (χ3v) is 0.995. The first-order valence-corrected chi connectivity index (χ1v) is 3.86. The molecule has 2 N–H and O–H groups in total. The predicted molar refractivity (Wildman–Crippen MR) is 43.5 cm³/mol. The number of carbonyl (C=O) groups is 1. The molecule has 0 saturated carbocycles. The molecule has 0 aliphatic carbocycles. The summed E-state index contributed by atoms with van der Waals surface area (Å²) in [6, 6.07) is 0. The zero-order chi connectivity index (χ0) is 9.56. The lowest BCUT2D eigenvalue weighted by molar-refractivity contribution is 0.0958. The summed E-state index contributed by atoms with van der Waals surface area (Å²) >= 11 is 0. The molecule has 0 spiro atoms. The molecule has 68 valence electrons. The molecule has 0 bridgehead atoms. The summed E-state index contributed by atoms with van der Waals surface area (Å²) in [6.07, 6.45) is 0.636. The van der Waals surface area contributed by atoms with Crippen molar-refractivity contribution in [3.63, 3.8) is 0 Å². The molecule has 0 saturated heterocycles. The minimum absolute atomic E-state index is 0.128. The Morgan fingerprint density at radius 3 is 2.42 bits per heavy atom. The standard InChI is InChI=1S/C5H7N3O2.C2H6/c1-2-3-7-5(4(6)9)10-8-3;1-2/h2H2,1H3,(H2,6,9);1-2H3. The highest BCUT2D eigenvalue weighted by atomic mass is 16.5. The van der Waals surface area contributed by atoms with E-state index in [2.05, 4.69) is 14.7 Å². The van der Waals surface area contributed by atoms with E-state index < -0.39 is 5.91 Å². The van der Waals surface area contributed by atoms with E-state index in [0.717, 1.165) is 0 Å². The van der Waals surface area contributed by atoms with Gasteiger partial charge in [-0.05, 0) is 0 Å². The third-order valence-electron chi connectivity index (χ3n) is 0.995. The van der Waals surface area contributed by atoms with Crippen molar-refractivity contribution in [3.05, 3.63) is 11.7 Å². The Labute approximate surface area is 70.9 Å². The van der Waals surface area contributed by atoms with E-state index in [0.29, 0.717) is 12.2 Å². The van der Waals surface area contributed by atoms with Crippen molar-refractivity contribution in [2.75, 3.05) is 0 Å². The van der Waals surface area contributed by atoms with E-state index >= 15 is 0 Å². The van der Waals surface area contributed by atoms with Gasteiger partial charge in [0, 0.05) is 6.42 Å². The highest BCUT2D eigenvalue weighted by Gasteiger charge is 2.08. The summed E-state index contributed by atoms with van der Waals surface area (Å²) in [5.74, 6) is -0.321. The smallest absolute Gasteiger partial charge is 0.315 e. The fraction of sp³-hybridized carbons (Fsp3) is 0.571. The Bertz CT molecular complexity index is 245. The van der Waals surface area contributed by atoms with Crippen LogP contribution in [0.4, 0.5) is 0 Å². The van der Waals surface area contributed by atoms with Crippen molar-refractivity contribution in [2.45, 2.75) is 27.2 Å². The van der Waals surface area contributed by atoms with Gasteiger partial charge in [-0.3, -0.25) is 4.79 Å². The molecule has 0 aliphatic heterocycles. The average Bonchev–Trinajstić information content (AvgIpc) is 2.55. The van der Waals surface area contributed by atoms with E-state index in [1.165, 1.54) is 0 Å². The number of nitrogens with two attached hydrogens (primary N) is 1. The van der Waals surface area contributed by atoms with Gasteiger partial charge in [-0.15, -0.1) is 0 Å². The van der Waals surface area contributed by atoms with Crippen LogP contribution in [0.15, 0.2) is 4.52 Å². The number of primary amides is 1. The van der Waals surface area contributed by atoms with Gasteiger partial charge in [0.2, 0.25) is 0 Å². The number of aromatic nitrogens is 2. The summed E-state index contributed by atoms with van der Waals surface area (Å²) in [7, 11) is 0. The molecule has 1 aromatic rings. The normalized spacial score (nSPS) is 8.58.